The Morgan fingerprint density at radius 1 is 1.22 bits per heavy atom. The molecular formula is C17H26ClN3O2. The summed E-state index contributed by atoms with van der Waals surface area (Å²) in [4.78, 5) is 25.9. The minimum Gasteiger partial charge on any atom is -0.333 e. The minimum atomic E-state index is -0.126. The Bertz CT molecular complexity index is 522. The highest BCUT2D eigenvalue weighted by molar-refractivity contribution is 5.95. The average molecular weight is 340 g/mol. The number of anilines is 1. The number of nitrogens with zero attached hydrogens (tertiary/aromatic N) is 1. The number of carbonyl (C=O) groups excluding carboxylic acids is 2. The number of benzene rings is 1. The predicted molar refractivity (Wildman–Crippen MR) is 94.7 cm³/mol. The van der Waals surface area contributed by atoms with Gasteiger partial charge in [-0.3, -0.25) is 9.59 Å². The lowest BCUT2D eigenvalue weighted by Crippen LogP contribution is -2.37. The van der Waals surface area contributed by atoms with Crippen molar-refractivity contribution in [2.45, 2.75) is 39.2 Å². The molecule has 1 aromatic carbocycles. The minimum absolute atomic E-state index is 0. The molecule has 0 aliphatic carbocycles. The Morgan fingerprint density at radius 2 is 2.00 bits per heavy atom. The molecule has 2 amide bonds. The van der Waals surface area contributed by atoms with Crippen LogP contribution in [0.25, 0.3) is 0 Å². The van der Waals surface area contributed by atoms with Crippen molar-refractivity contribution in [1.29, 1.82) is 0 Å². The van der Waals surface area contributed by atoms with Gasteiger partial charge in [0.15, 0.2) is 0 Å². The van der Waals surface area contributed by atoms with Gasteiger partial charge in [0, 0.05) is 25.2 Å². The Morgan fingerprint density at radius 3 is 2.78 bits per heavy atom. The van der Waals surface area contributed by atoms with Crippen molar-refractivity contribution >= 4 is 29.9 Å². The standard InChI is InChI=1S/C17H25N3O2.ClH/c1-2-18-12-14-8-5-6-9-15(14)19-16(21)13-20-11-7-3-4-10-17(20)22;/h5-6,8-9,18H,2-4,7,10-13H2,1H3,(H,19,21);1H. The van der Waals surface area contributed by atoms with E-state index in [0.29, 0.717) is 13.0 Å². The SMILES string of the molecule is CCNCc1ccccc1NC(=O)CN1CCCCCC1=O.Cl. The Hall–Kier alpha value is -1.59. The van der Waals surface area contributed by atoms with Crippen molar-refractivity contribution < 1.29 is 9.59 Å². The number of hydrogen-bond donors (Lipinski definition) is 2. The molecule has 0 saturated carbocycles. The summed E-state index contributed by atoms with van der Waals surface area (Å²) in [7, 11) is 0. The lowest BCUT2D eigenvalue weighted by atomic mass is 10.1. The molecule has 2 rings (SSSR count). The molecule has 1 aromatic rings. The fraction of sp³-hybridized carbons (Fsp3) is 0.529. The van der Waals surface area contributed by atoms with Crippen LogP contribution in [0.1, 0.15) is 38.2 Å². The topological polar surface area (TPSA) is 61.4 Å². The smallest absolute Gasteiger partial charge is 0.244 e. The van der Waals surface area contributed by atoms with E-state index in [9.17, 15) is 9.59 Å². The molecule has 1 fully saturated rings. The van der Waals surface area contributed by atoms with Gasteiger partial charge in [0.2, 0.25) is 11.8 Å². The van der Waals surface area contributed by atoms with Gasteiger partial charge in [0.1, 0.15) is 0 Å². The van der Waals surface area contributed by atoms with Crippen LogP contribution < -0.4 is 10.6 Å². The first-order chi connectivity index (χ1) is 10.7. The average Bonchev–Trinajstić information content (AvgIpc) is 2.71. The second kappa shape index (κ2) is 10.2. The maximum atomic E-state index is 12.2. The van der Waals surface area contributed by atoms with Crippen molar-refractivity contribution in [1.82, 2.24) is 10.2 Å². The number of nitrogens with one attached hydrogen (secondary N) is 2. The number of carbonyl (C=O) groups is 2. The zero-order valence-corrected chi connectivity index (χ0v) is 14.5. The molecule has 2 N–H and O–H groups in total. The van der Waals surface area contributed by atoms with Crippen LogP contribution in [0.3, 0.4) is 0 Å². The molecule has 0 spiro atoms. The van der Waals surface area contributed by atoms with Crippen molar-refractivity contribution in [2.75, 3.05) is 25.0 Å². The Kier molecular flexibility index (Phi) is 8.66. The summed E-state index contributed by atoms with van der Waals surface area (Å²) < 4.78 is 0. The largest absolute Gasteiger partial charge is 0.333 e. The third kappa shape index (κ3) is 6.20. The van der Waals surface area contributed by atoms with Crippen molar-refractivity contribution in [3.63, 3.8) is 0 Å². The Labute approximate surface area is 144 Å². The van der Waals surface area contributed by atoms with Gasteiger partial charge >= 0.3 is 0 Å². The van der Waals surface area contributed by atoms with E-state index in [1.807, 2.05) is 31.2 Å². The normalized spacial score (nSPS) is 14.8. The first-order valence-electron chi connectivity index (χ1n) is 8.07. The maximum Gasteiger partial charge on any atom is 0.244 e. The second-order valence-corrected chi connectivity index (χ2v) is 5.61. The molecule has 5 nitrogen and oxygen atoms in total. The van der Waals surface area contributed by atoms with Gasteiger partial charge < -0.3 is 15.5 Å². The summed E-state index contributed by atoms with van der Waals surface area (Å²) in [6.07, 6.45) is 3.54. The van der Waals surface area contributed by atoms with Crippen LogP contribution in [0.2, 0.25) is 0 Å². The van der Waals surface area contributed by atoms with Gasteiger partial charge in [0.05, 0.1) is 6.54 Å². The molecule has 1 aliphatic rings. The molecule has 128 valence electrons. The zero-order valence-electron chi connectivity index (χ0n) is 13.6. The summed E-state index contributed by atoms with van der Waals surface area (Å²) >= 11 is 0. The molecule has 1 aliphatic heterocycles. The fourth-order valence-electron chi connectivity index (χ4n) is 2.62. The van der Waals surface area contributed by atoms with Crippen LogP contribution in [-0.4, -0.2) is 36.3 Å². The first-order valence-corrected chi connectivity index (χ1v) is 8.07. The van der Waals surface area contributed by atoms with Gasteiger partial charge in [0.25, 0.3) is 0 Å². The molecule has 0 unspecified atom stereocenters. The van der Waals surface area contributed by atoms with Crippen LogP contribution in [0.4, 0.5) is 5.69 Å². The van der Waals surface area contributed by atoms with E-state index in [1.165, 1.54) is 0 Å². The van der Waals surface area contributed by atoms with Crippen LogP contribution in [0.5, 0.6) is 0 Å². The number of likely N-dealkylation sites (tertiary alicyclic amines) is 1. The van der Waals surface area contributed by atoms with E-state index in [4.69, 9.17) is 0 Å². The summed E-state index contributed by atoms with van der Waals surface area (Å²) in [5.74, 6) is -0.0345. The third-order valence-corrected chi connectivity index (χ3v) is 3.86. The molecule has 23 heavy (non-hydrogen) atoms. The van der Waals surface area contributed by atoms with E-state index in [2.05, 4.69) is 10.6 Å². The third-order valence-electron chi connectivity index (χ3n) is 3.86. The number of para-hydroxylation sites is 1. The van der Waals surface area contributed by atoms with E-state index >= 15 is 0 Å². The van der Waals surface area contributed by atoms with E-state index in [1.54, 1.807) is 4.90 Å². The molecule has 6 heteroatoms. The van der Waals surface area contributed by atoms with Gasteiger partial charge in [-0.05, 0) is 31.0 Å². The van der Waals surface area contributed by atoms with E-state index in [0.717, 1.165) is 43.6 Å². The second-order valence-electron chi connectivity index (χ2n) is 5.61. The summed E-state index contributed by atoms with van der Waals surface area (Å²) in [5, 5.41) is 6.19. The van der Waals surface area contributed by atoms with Crippen LogP contribution in [0, 0.1) is 0 Å². The van der Waals surface area contributed by atoms with Crippen LogP contribution >= 0.6 is 12.4 Å². The van der Waals surface area contributed by atoms with Gasteiger partial charge in [-0.1, -0.05) is 31.5 Å². The summed E-state index contributed by atoms with van der Waals surface area (Å²) in [6, 6.07) is 7.76. The first kappa shape index (κ1) is 19.5. The quantitative estimate of drug-likeness (QED) is 0.837. The van der Waals surface area contributed by atoms with Crippen LogP contribution in [0.15, 0.2) is 24.3 Å². The van der Waals surface area contributed by atoms with Gasteiger partial charge in [-0.25, -0.2) is 0 Å². The zero-order chi connectivity index (χ0) is 15.8. The lowest BCUT2D eigenvalue weighted by molar-refractivity contribution is -0.134. The van der Waals surface area contributed by atoms with E-state index in [-0.39, 0.29) is 30.8 Å². The highest BCUT2D eigenvalue weighted by Crippen LogP contribution is 2.15. The summed E-state index contributed by atoms with van der Waals surface area (Å²) in [5.41, 5.74) is 1.87. The molecule has 0 radical (unpaired) electrons. The molecule has 0 bridgehead atoms. The molecule has 1 heterocycles. The number of amides is 2. The van der Waals surface area contributed by atoms with Crippen molar-refractivity contribution in [2.24, 2.45) is 0 Å². The highest BCUT2D eigenvalue weighted by Gasteiger charge is 2.19. The monoisotopic (exact) mass is 339 g/mol. The lowest BCUT2D eigenvalue weighted by Gasteiger charge is -2.20. The number of halogens is 1. The fourth-order valence-corrected chi connectivity index (χ4v) is 2.62. The molecular weight excluding hydrogens is 314 g/mol. The molecule has 1 saturated heterocycles. The van der Waals surface area contributed by atoms with E-state index < -0.39 is 0 Å². The van der Waals surface area contributed by atoms with Gasteiger partial charge in [-0.2, -0.15) is 0 Å². The van der Waals surface area contributed by atoms with Crippen molar-refractivity contribution in [3.8, 4) is 0 Å². The predicted octanol–water partition coefficient (Wildman–Crippen LogP) is 2.56. The molecule has 0 atom stereocenters. The van der Waals surface area contributed by atoms with Crippen LogP contribution in [-0.2, 0) is 16.1 Å². The number of rotatable bonds is 6. The van der Waals surface area contributed by atoms with Gasteiger partial charge in [-0.15, -0.1) is 12.4 Å². The summed E-state index contributed by atoms with van der Waals surface area (Å²) in [6.45, 7) is 4.48. The maximum absolute atomic E-state index is 12.2. The Balaban J connectivity index is 0.00000264. The molecule has 0 aromatic heterocycles. The number of hydrogen-bond acceptors (Lipinski definition) is 3. The highest BCUT2D eigenvalue weighted by atomic mass is 35.5. The van der Waals surface area contributed by atoms with Crippen molar-refractivity contribution in [3.05, 3.63) is 29.8 Å².